The Balaban J connectivity index is 1.04. The minimum absolute atomic E-state index is 0.0568. The molecule has 1 aromatic heterocycles. The van der Waals surface area contributed by atoms with Crippen molar-refractivity contribution in [1.82, 2.24) is 14.8 Å². The lowest BCUT2D eigenvalue weighted by atomic mass is 9.89. The number of fused-ring (bicyclic) bond motifs is 4. The predicted molar refractivity (Wildman–Crippen MR) is 132 cm³/mol. The molecule has 0 bridgehead atoms. The summed E-state index contributed by atoms with van der Waals surface area (Å²) in [5.41, 5.74) is 5.89. The van der Waals surface area contributed by atoms with Crippen LogP contribution in [-0.4, -0.2) is 72.5 Å². The van der Waals surface area contributed by atoms with Crippen molar-refractivity contribution in [2.45, 2.75) is 13.0 Å². The molecular weight excluding hydrogens is 412 g/mol. The Morgan fingerprint density at radius 2 is 1.91 bits per heavy atom. The lowest BCUT2D eigenvalue weighted by molar-refractivity contribution is 0.0101. The van der Waals surface area contributed by atoms with Crippen LogP contribution < -0.4 is 4.74 Å². The van der Waals surface area contributed by atoms with E-state index >= 15 is 0 Å². The van der Waals surface area contributed by atoms with Gasteiger partial charge in [-0.15, -0.1) is 0 Å². The van der Waals surface area contributed by atoms with E-state index in [1.807, 2.05) is 6.20 Å². The Morgan fingerprint density at radius 1 is 1.09 bits per heavy atom. The number of nitrogens with one attached hydrogen (secondary N) is 1. The molecule has 0 radical (unpaired) electrons. The molecule has 2 unspecified atom stereocenters. The van der Waals surface area contributed by atoms with E-state index in [-0.39, 0.29) is 12.0 Å². The molecule has 3 aromatic rings. The second-order valence-corrected chi connectivity index (χ2v) is 9.43. The van der Waals surface area contributed by atoms with Gasteiger partial charge in [-0.3, -0.25) is 9.80 Å². The van der Waals surface area contributed by atoms with E-state index in [4.69, 9.17) is 9.57 Å². The molecule has 0 amide bonds. The Bertz CT molecular complexity index is 1190. The standard InChI is InChI=1S/C27H30N4O2/c1-19(13-20-5-3-2-4-6-20)16-30-9-11-31(12-10-30)17-26-23-18-32-25-15-24-21(7-8-28-24)14-22(25)27(23)29-33-26/h2-8,13-15,23,26,28H,9-12,16-18H2,1H3. The molecule has 2 aromatic carbocycles. The first-order valence-corrected chi connectivity index (χ1v) is 11.9. The number of hydrogen-bond acceptors (Lipinski definition) is 5. The molecule has 0 saturated carbocycles. The van der Waals surface area contributed by atoms with E-state index in [2.05, 4.69) is 81.5 Å². The zero-order chi connectivity index (χ0) is 22.2. The highest BCUT2D eigenvalue weighted by Crippen LogP contribution is 2.36. The first-order valence-electron chi connectivity index (χ1n) is 11.9. The van der Waals surface area contributed by atoms with Crippen molar-refractivity contribution in [1.29, 1.82) is 0 Å². The zero-order valence-electron chi connectivity index (χ0n) is 19.0. The largest absolute Gasteiger partial charge is 0.492 e. The number of aromatic amines is 1. The second kappa shape index (κ2) is 8.69. The first kappa shape index (κ1) is 20.5. The second-order valence-electron chi connectivity index (χ2n) is 9.43. The average Bonchev–Trinajstić information content (AvgIpc) is 3.46. The van der Waals surface area contributed by atoms with Crippen LogP contribution in [0.5, 0.6) is 5.75 Å². The molecule has 6 rings (SSSR count). The van der Waals surface area contributed by atoms with Crippen LogP contribution in [0.25, 0.3) is 17.0 Å². The SMILES string of the molecule is CC(=Cc1ccccc1)CN1CCN(CC2ON=C3c4cc5cc[nH]c5cc4OCC32)CC1. The van der Waals surface area contributed by atoms with Crippen molar-refractivity contribution in [3.8, 4) is 5.75 Å². The number of ether oxygens (including phenoxy) is 1. The van der Waals surface area contributed by atoms with Crippen LogP contribution in [0.15, 0.2) is 65.5 Å². The Labute approximate surface area is 194 Å². The minimum atomic E-state index is 0.0568. The highest BCUT2D eigenvalue weighted by Gasteiger charge is 2.41. The van der Waals surface area contributed by atoms with E-state index in [9.17, 15) is 0 Å². The molecule has 170 valence electrons. The molecule has 0 spiro atoms. The molecule has 6 heteroatoms. The molecule has 4 heterocycles. The maximum atomic E-state index is 6.13. The van der Waals surface area contributed by atoms with E-state index < -0.39 is 0 Å². The van der Waals surface area contributed by atoms with Crippen molar-refractivity contribution in [2.75, 3.05) is 45.9 Å². The highest BCUT2D eigenvalue weighted by molar-refractivity contribution is 6.08. The maximum absolute atomic E-state index is 6.13. The molecule has 33 heavy (non-hydrogen) atoms. The minimum Gasteiger partial charge on any atom is -0.492 e. The summed E-state index contributed by atoms with van der Waals surface area (Å²) in [5.74, 6) is 1.10. The monoisotopic (exact) mass is 442 g/mol. The van der Waals surface area contributed by atoms with Crippen LogP contribution in [0.1, 0.15) is 18.1 Å². The van der Waals surface area contributed by atoms with Crippen molar-refractivity contribution in [3.63, 3.8) is 0 Å². The lowest BCUT2D eigenvalue weighted by Crippen LogP contribution is -2.50. The van der Waals surface area contributed by atoms with Gasteiger partial charge in [-0.1, -0.05) is 47.1 Å². The summed E-state index contributed by atoms with van der Waals surface area (Å²) in [6.45, 7) is 9.06. The summed E-state index contributed by atoms with van der Waals surface area (Å²) in [6, 6.07) is 16.9. The van der Waals surface area contributed by atoms with Crippen LogP contribution in [-0.2, 0) is 4.84 Å². The maximum Gasteiger partial charge on any atom is 0.151 e. The van der Waals surface area contributed by atoms with E-state index in [1.54, 1.807) is 0 Å². The van der Waals surface area contributed by atoms with E-state index in [1.165, 1.54) is 16.5 Å². The van der Waals surface area contributed by atoms with Gasteiger partial charge in [0.15, 0.2) is 6.10 Å². The third-order valence-corrected chi connectivity index (χ3v) is 7.02. The third-order valence-electron chi connectivity index (χ3n) is 7.02. The summed E-state index contributed by atoms with van der Waals surface area (Å²) < 4.78 is 6.13. The molecule has 3 aliphatic heterocycles. The number of aromatic nitrogens is 1. The Kier molecular flexibility index (Phi) is 5.40. The van der Waals surface area contributed by atoms with Gasteiger partial charge in [-0.05, 0) is 24.6 Å². The average molecular weight is 443 g/mol. The molecule has 0 aliphatic carbocycles. The van der Waals surface area contributed by atoms with Gasteiger partial charge in [0.25, 0.3) is 0 Å². The van der Waals surface area contributed by atoms with Crippen molar-refractivity contribution in [3.05, 3.63) is 71.4 Å². The van der Waals surface area contributed by atoms with E-state index in [0.29, 0.717) is 6.61 Å². The van der Waals surface area contributed by atoms with Crippen LogP contribution in [0.4, 0.5) is 0 Å². The van der Waals surface area contributed by atoms with Crippen LogP contribution in [0, 0.1) is 5.92 Å². The third kappa shape index (κ3) is 4.16. The van der Waals surface area contributed by atoms with Crippen LogP contribution in [0.3, 0.4) is 0 Å². The van der Waals surface area contributed by atoms with Crippen molar-refractivity contribution in [2.24, 2.45) is 11.1 Å². The number of hydrogen-bond donors (Lipinski definition) is 1. The van der Waals surface area contributed by atoms with Crippen molar-refractivity contribution < 1.29 is 9.57 Å². The number of piperazine rings is 1. The fraction of sp³-hybridized carbons (Fsp3) is 0.370. The number of nitrogens with zero attached hydrogens (tertiary/aromatic N) is 3. The molecule has 1 N–H and O–H groups in total. The summed E-state index contributed by atoms with van der Waals surface area (Å²) >= 11 is 0. The Morgan fingerprint density at radius 3 is 2.76 bits per heavy atom. The molecule has 6 nitrogen and oxygen atoms in total. The fourth-order valence-corrected chi connectivity index (χ4v) is 5.23. The quantitative estimate of drug-likeness (QED) is 0.649. The topological polar surface area (TPSA) is 53.1 Å². The predicted octanol–water partition coefficient (Wildman–Crippen LogP) is 4.00. The van der Waals surface area contributed by atoms with Gasteiger partial charge in [0.2, 0.25) is 0 Å². The molecular formula is C27H30N4O2. The number of rotatable bonds is 5. The fourth-order valence-electron chi connectivity index (χ4n) is 5.23. The van der Waals surface area contributed by atoms with Gasteiger partial charge in [0.05, 0.1) is 5.92 Å². The van der Waals surface area contributed by atoms with E-state index in [0.717, 1.165) is 61.8 Å². The van der Waals surface area contributed by atoms with Crippen LogP contribution in [0.2, 0.25) is 0 Å². The lowest BCUT2D eigenvalue weighted by Gasteiger charge is -2.36. The summed E-state index contributed by atoms with van der Waals surface area (Å²) in [5, 5.41) is 5.69. The summed E-state index contributed by atoms with van der Waals surface area (Å²) in [4.78, 5) is 14.3. The highest BCUT2D eigenvalue weighted by atomic mass is 16.6. The van der Waals surface area contributed by atoms with Gasteiger partial charge < -0.3 is 14.6 Å². The molecule has 1 saturated heterocycles. The number of H-pyrrole nitrogens is 1. The van der Waals surface area contributed by atoms with Gasteiger partial charge in [-0.2, -0.15) is 0 Å². The molecule has 3 aliphatic rings. The number of oxime groups is 1. The zero-order valence-corrected chi connectivity index (χ0v) is 19.0. The normalized spacial score (nSPS) is 23.5. The smallest absolute Gasteiger partial charge is 0.151 e. The van der Waals surface area contributed by atoms with Crippen molar-refractivity contribution >= 4 is 22.7 Å². The van der Waals surface area contributed by atoms with Gasteiger partial charge in [0.1, 0.15) is 18.1 Å². The molecule has 2 atom stereocenters. The van der Waals surface area contributed by atoms with Gasteiger partial charge in [-0.25, -0.2) is 0 Å². The van der Waals surface area contributed by atoms with Gasteiger partial charge >= 0.3 is 0 Å². The number of benzene rings is 2. The van der Waals surface area contributed by atoms with Crippen LogP contribution >= 0.6 is 0 Å². The summed E-state index contributed by atoms with van der Waals surface area (Å²) in [7, 11) is 0. The summed E-state index contributed by atoms with van der Waals surface area (Å²) in [6.07, 6.45) is 4.31. The first-order chi connectivity index (χ1) is 16.2. The Hall–Kier alpha value is -3.09. The van der Waals surface area contributed by atoms with Gasteiger partial charge in [0, 0.05) is 68.0 Å². The molecule has 1 fully saturated rings.